The van der Waals surface area contributed by atoms with E-state index in [9.17, 15) is 4.39 Å². The van der Waals surface area contributed by atoms with Crippen molar-refractivity contribution < 1.29 is 7.24 Å². The maximum Gasteiger partial charge on any atom is 0.126 e. The summed E-state index contributed by atoms with van der Waals surface area (Å²) >= 11 is 0. The minimum Gasteiger partial charge on any atom is -0.384 e. The highest BCUT2D eigenvalue weighted by Crippen LogP contribution is 2.07. The monoisotopic (exact) mass is 292 g/mol. The van der Waals surface area contributed by atoms with Crippen LogP contribution in [0.25, 0.3) is 0 Å². The van der Waals surface area contributed by atoms with E-state index in [-0.39, 0.29) is 20.3 Å². The van der Waals surface area contributed by atoms with Gasteiger partial charge in [0.1, 0.15) is 17.5 Å². The molecule has 2 aromatic carbocycles. The van der Waals surface area contributed by atoms with Gasteiger partial charge in [-0.05, 0) is 25.5 Å². The van der Waals surface area contributed by atoms with Crippen molar-refractivity contribution in [2.24, 2.45) is 11.5 Å². The molecule has 0 saturated heterocycles. The van der Waals surface area contributed by atoms with Crippen molar-refractivity contribution in [3.8, 4) is 0 Å². The summed E-state index contributed by atoms with van der Waals surface area (Å²) in [6.45, 7) is 3.67. The van der Waals surface area contributed by atoms with Crippen LogP contribution in [-0.4, -0.2) is 11.7 Å². The van der Waals surface area contributed by atoms with E-state index >= 15 is 0 Å². The molecule has 0 aliphatic carbocycles. The molecule has 0 fully saturated rings. The van der Waals surface area contributed by atoms with Crippen LogP contribution >= 0.6 is 0 Å². The van der Waals surface area contributed by atoms with E-state index in [1.54, 1.807) is 19.1 Å². The maximum atomic E-state index is 12.8. The Morgan fingerprint density at radius 2 is 1.38 bits per heavy atom. The van der Waals surface area contributed by atoms with Crippen LogP contribution in [0.5, 0.6) is 0 Å². The summed E-state index contributed by atoms with van der Waals surface area (Å²) in [7, 11) is 0. The zero-order chi connectivity index (χ0) is 16.0. The van der Waals surface area contributed by atoms with Crippen molar-refractivity contribution in [2.75, 3.05) is 0 Å². The van der Waals surface area contributed by atoms with E-state index in [4.69, 9.17) is 22.3 Å². The molecule has 2 aromatic rings. The van der Waals surface area contributed by atoms with Crippen LogP contribution in [0, 0.1) is 30.5 Å². The van der Waals surface area contributed by atoms with Gasteiger partial charge in [-0.15, -0.1) is 0 Å². The highest BCUT2D eigenvalue weighted by atomic mass is 19.1. The summed E-state index contributed by atoms with van der Waals surface area (Å²) in [6.07, 6.45) is 0. The van der Waals surface area contributed by atoms with E-state index in [1.165, 1.54) is 11.6 Å². The van der Waals surface area contributed by atoms with Crippen molar-refractivity contribution in [2.45, 2.75) is 13.8 Å². The molecule has 0 spiro atoms. The lowest BCUT2D eigenvalue weighted by molar-refractivity contribution is 0.618. The molecular formula is C16H23FN4. The number of nitrogens with two attached hydrogens (primary N) is 2. The Bertz CT molecular complexity index is 658. The van der Waals surface area contributed by atoms with Crippen molar-refractivity contribution in [1.29, 1.82) is 10.8 Å². The van der Waals surface area contributed by atoms with E-state index in [1.807, 2.05) is 31.2 Å². The molecule has 21 heavy (non-hydrogen) atoms. The second kappa shape index (κ2) is 7.19. The number of hydrogen-bond donors (Lipinski definition) is 4. The SMILES string of the molecule is Cc1ccc(C(=N)N)cc1.Cc1ccc(C(=N)N)cc1F.[2HH].[2HH]. The van der Waals surface area contributed by atoms with Crippen LogP contribution in [-0.2, 0) is 0 Å². The number of rotatable bonds is 2. The normalized spacial score (nSPS) is 9.48. The van der Waals surface area contributed by atoms with Gasteiger partial charge in [0, 0.05) is 14.0 Å². The quantitative estimate of drug-likeness (QED) is 0.505. The molecule has 4 nitrogen and oxygen atoms in total. The maximum absolute atomic E-state index is 12.8. The number of hydrogen-bond acceptors (Lipinski definition) is 2. The summed E-state index contributed by atoms with van der Waals surface area (Å²) < 4.78 is 12.8. The second-order valence-corrected chi connectivity index (χ2v) is 4.66. The Hall–Kier alpha value is -2.69. The molecule has 6 N–H and O–H groups in total. The van der Waals surface area contributed by atoms with Gasteiger partial charge in [0.15, 0.2) is 0 Å². The van der Waals surface area contributed by atoms with Gasteiger partial charge in [-0.2, -0.15) is 0 Å². The van der Waals surface area contributed by atoms with Gasteiger partial charge in [-0.25, -0.2) is 4.39 Å². The van der Waals surface area contributed by atoms with Gasteiger partial charge in [-0.3, -0.25) is 10.8 Å². The smallest absolute Gasteiger partial charge is 0.126 e. The zero-order valence-electron chi connectivity index (χ0n) is 12.1. The molecular weight excluding hydrogens is 267 g/mol. The van der Waals surface area contributed by atoms with Crippen LogP contribution in [0.4, 0.5) is 4.39 Å². The first kappa shape index (κ1) is 16.4. The van der Waals surface area contributed by atoms with Gasteiger partial charge in [0.2, 0.25) is 0 Å². The third-order valence-electron chi connectivity index (χ3n) is 2.85. The van der Waals surface area contributed by atoms with E-state index in [2.05, 4.69) is 0 Å². The molecule has 0 bridgehead atoms. The van der Waals surface area contributed by atoms with Crippen LogP contribution in [0.2, 0.25) is 0 Å². The topological polar surface area (TPSA) is 99.7 Å². The minimum absolute atomic E-state index is 0. The predicted octanol–water partition coefficient (Wildman–Crippen LogP) is 3.19. The lowest BCUT2D eigenvalue weighted by Crippen LogP contribution is -2.11. The fraction of sp³-hybridized carbons (Fsp3) is 0.125. The summed E-state index contributed by atoms with van der Waals surface area (Å²) in [6, 6.07) is 12.1. The zero-order valence-corrected chi connectivity index (χ0v) is 12.1. The molecule has 0 atom stereocenters. The van der Waals surface area contributed by atoms with Crippen molar-refractivity contribution in [3.05, 3.63) is 70.5 Å². The van der Waals surface area contributed by atoms with Crippen molar-refractivity contribution in [3.63, 3.8) is 0 Å². The summed E-state index contributed by atoms with van der Waals surface area (Å²) in [5.41, 5.74) is 13.4. The average molecular weight is 292 g/mol. The van der Waals surface area contributed by atoms with E-state index in [0.29, 0.717) is 11.1 Å². The second-order valence-electron chi connectivity index (χ2n) is 4.66. The fourth-order valence-corrected chi connectivity index (χ4v) is 1.49. The highest BCUT2D eigenvalue weighted by Gasteiger charge is 2.00. The minimum atomic E-state index is -0.322. The molecule has 2 rings (SSSR count). The third-order valence-corrected chi connectivity index (χ3v) is 2.85. The average Bonchev–Trinajstić information content (AvgIpc) is 2.43. The number of amidine groups is 2. The van der Waals surface area contributed by atoms with Gasteiger partial charge in [0.05, 0.1) is 0 Å². The summed E-state index contributed by atoms with van der Waals surface area (Å²) in [5, 5.41) is 14.1. The first-order chi connectivity index (χ1) is 9.81. The summed E-state index contributed by atoms with van der Waals surface area (Å²) in [5.74, 6) is -0.304. The number of nitrogens with one attached hydrogen (secondary N) is 2. The van der Waals surface area contributed by atoms with Crippen molar-refractivity contribution in [1.82, 2.24) is 0 Å². The Kier molecular flexibility index (Phi) is 5.60. The number of benzene rings is 2. The van der Waals surface area contributed by atoms with E-state index in [0.717, 1.165) is 5.56 Å². The van der Waals surface area contributed by atoms with Gasteiger partial charge < -0.3 is 11.5 Å². The molecule has 0 radical (unpaired) electrons. The van der Waals surface area contributed by atoms with Crippen LogP contribution in [0.15, 0.2) is 42.5 Å². The number of nitrogen functional groups attached to an aromatic ring is 2. The Morgan fingerprint density at radius 1 is 0.905 bits per heavy atom. The Labute approximate surface area is 126 Å². The molecule has 0 amide bonds. The summed E-state index contributed by atoms with van der Waals surface area (Å²) in [4.78, 5) is 0. The molecule has 0 saturated carbocycles. The molecule has 5 heteroatoms. The van der Waals surface area contributed by atoms with Crippen LogP contribution in [0.3, 0.4) is 0 Å². The molecule has 114 valence electrons. The molecule has 0 aliphatic heterocycles. The molecule has 0 aliphatic rings. The number of aryl methyl sites for hydroxylation is 2. The van der Waals surface area contributed by atoms with E-state index < -0.39 is 0 Å². The number of halogens is 1. The van der Waals surface area contributed by atoms with Gasteiger partial charge in [0.25, 0.3) is 0 Å². The predicted molar refractivity (Wildman–Crippen MR) is 88.6 cm³/mol. The standard InChI is InChI=1S/C8H9FN2.C8H10N2.2H2/c1-5-2-3-6(8(10)11)4-7(5)9;1-6-2-4-7(5-3-6)8(9)10;;/h2-4H,1H3,(H3,10,11);2-5H,1H3,(H3,9,10);2*1H/i;;2*1+1. The first-order valence-electron chi connectivity index (χ1n) is 6.33. The molecule has 0 heterocycles. The Morgan fingerprint density at radius 3 is 1.81 bits per heavy atom. The third kappa shape index (κ3) is 5.06. The lowest BCUT2D eigenvalue weighted by atomic mass is 10.1. The highest BCUT2D eigenvalue weighted by molar-refractivity contribution is 5.95. The molecule has 0 unspecified atom stereocenters. The van der Waals surface area contributed by atoms with Crippen LogP contribution < -0.4 is 11.5 Å². The first-order valence-corrected chi connectivity index (χ1v) is 6.33. The van der Waals surface area contributed by atoms with Gasteiger partial charge >= 0.3 is 0 Å². The Balaban J connectivity index is 0. The largest absolute Gasteiger partial charge is 0.384 e. The fourth-order valence-electron chi connectivity index (χ4n) is 1.49. The van der Waals surface area contributed by atoms with Crippen LogP contribution in [0.1, 0.15) is 25.1 Å². The molecule has 0 aromatic heterocycles. The lowest BCUT2D eigenvalue weighted by Gasteiger charge is -1.99. The van der Waals surface area contributed by atoms with Gasteiger partial charge in [-0.1, -0.05) is 42.0 Å². The van der Waals surface area contributed by atoms with Crippen molar-refractivity contribution >= 4 is 11.7 Å².